The minimum absolute atomic E-state index is 0. The zero-order chi connectivity index (χ0) is 8.10. The molecule has 1 aliphatic rings. The first-order chi connectivity index (χ1) is 5.33. The smallest absolute Gasteiger partial charge is 0.00923 e. The second kappa shape index (κ2) is 8.79. The summed E-state index contributed by atoms with van der Waals surface area (Å²) < 4.78 is 0. The highest BCUT2D eigenvalue weighted by Gasteiger charge is 2.15. The molecule has 80 valence electrons. The summed E-state index contributed by atoms with van der Waals surface area (Å²) in [4.78, 5) is 0. The van der Waals surface area contributed by atoms with E-state index in [0.717, 1.165) is 44.0 Å². The molecule has 1 atom stereocenters. The van der Waals surface area contributed by atoms with Gasteiger partial charge in [0.05, 0.1) is 0 Å². The van der Waals surface area contributed by atoms with Crippen molar-refractivity contribution in [1.82, 2.24) is 5.32 Å². The molecule has 1 rings (SSSR count). The van der Waals surface area contributed by atoms with E-state index in [1.165, 1.54) is 6.42 Å². The monoisotopic (exact) mass is 226 g/mol. The standard InChI is InChI=1S/C9H18N2.2ClH/c1-2-3-9(10)6-8-4-5-11-7-8;;/h8,10-11H,2-7H2,1H3;2*1H/t8-;;/m0../s1. The van der Waals surface area contributed by atoms with Crippen LogP contribution in [-0.4, -0.2) is 18.8 Å². The average molecular weight is 227 g/mol. The predicted octanol–water partition coefficient (Wildman–Crippen LogP) is 2.65. The Hall–Kier alpha value is 0.210. The minimum Gasteiger partial charge on any atom is -0.316 e. The molecule has 0 bridgehead atoms. The van der Waals surface area contributed by atoms with Gasteiger partial charge in [0.2, 0.25) is 0 Å². The summed E-state index contributed by atoms with van der Waals surface area (Å²) >= 11 is 0. The van der Waals surface area contributed by atoms with Gasteiger partial charge in [0.15, 0.2) is 0 Å². The number of hydrogen-bond acceptors (Lipinski definition) is 2. The van der Waals surface area contributed by atoms with Gasteiger partial charge in [0, 0.05) is 5.71 Å². The molecule has 1 aliphatic heterocycles. The number of hydrogen-bond donors (Lipinski definition) is 2. The van der Waals surface area contributed by atoms with Crippen LogP contribution in [0, 0.1) is 11.3 Å². The molecule has 1 heterocycles. The Morgan fingerprint density at radius 3 is 2.62 bits per heavy atom. The molecular formula is C9H20Cl2N2. The van der Waals surface area contributed by atoms with Crippen LogP contribution in [0.1, 0.15) is 32.6 Å². The van der Waals surface area contributed by atoms with Gasteiger partial charge in [-0.15, -0.1) is 24.8 Å². The van der Waals surface area contributed by atoms with Crippen LogP contribution in [0.5, 0.6) is 0 Å². The van der Waals surface area contributed by atoms with E-state index in [1.54, 1.807) is 0 Å². The Morgan fingerprint density at radius 1 is 1.46 bits per heavy atom. The molecule has 0 aromatic rings. The zero-order valence-corrected chi connectivity index (χ0v) is 9.77. The van der Waals surface area contributed by atoms with Crippen LogP contribution in [0.25, 0.3) is 0 Å². The molecule has 1 fully saturated rings. The highest BCUT2D eigenvalue weighted by Crippen LogP contribution is 2.13. The lowest BCUT2D eigenvalue weighted by Gasteiger charge is -2.07. The van der Waals surface area contributed by atoms with E-state index >= 15 is 0 Å². The molecular weight excluding hydrogens is 207 g/mol. The van der Waals surface area contributed by atoms with Crippen molar-refractivity contribution in [2.45, 2.75) is 32.6 Å². The first kappa shape index (κ1) is 15.7. The summed E-state index contributed by atoms with van der Waals surface area (Å²) in [6.07, 6.45) is 4.42. The third kappa shape index (κ3) is 6.30. The normalized spacial score (nSPS) is 20.2. The lowest BCUT2D eigenvalue weighted by Crippen LogP contribution is -2.12. The second-order valence-corrected chi connectivity index (χ2v) is 3.42. The van der Waals surface area contributed by atoms with E-state index < -0.39 is 0 Å². The summed E-state index contributed by atoms with van der Waals surface area (Å²) in [6.45, 7) is 4.43. The summed E-state index contributed by atoms with van der Waals surface area (Å²) in [7, 11) is 0. The van der Waals surface area contributed by atoms with Crippen LogP contribution in [0.3, 0.4) is 0 Å². The van der Waals surface area contributed by atoms with Crippen molar-refractivity contribution in [3.8, 4) is 0 Å². The number of nitrogens with one attached hydrogen (secondary N) is 2. The van der Waals surface area contributed by atoms with E-state index in [9.17, 15) is 0 Å². The van der Waals surface area contributed by atoms with E-state index in [-0.39, 0.29) is 24.8 Å². The quantitative estimate of drug-likeness (QED) is 0.711. The fourth-order valence-corrected chi connectivity index (χ4v) is 1.64. The van der Waals surface area contributed by atoms with Crippen LogP contribution >= 0.6 is 24.8 Å². The van der Waals surface area contributed by atoms with Crippen LogP contribution < -0.4 is 5.32 Å². The first-order valence-corrected chi connectivity index (χ1v) is 4.60. The van der Waals surface area contributed by atoms with Crippen molar-refractivity contribution in [3.05, 3.63) is 0 Å². The van der Waals surface area contributed by atoms with Crippen molar-refractivity contribution in [2.75, 3.05) is 13.1 Å². The Balaban J connectivity index is 0. The van der Waals surface area contributed by atoms with Gasteiger partial charge in [-0.2, -0.15) is 0 Å². The molecule has 1 saturated heterocycles. The maximum Gasteiger partial charge on any atom is 0.00923 e. The average Bonchev–Trinajstić information content (AvgIpc) is 2.40. The second-order valence-electron chi connectivity index (χ2n) is 3.42. The lowest BCUT2D eigenvalue weighted by atomic mass is 9.99. The van der Waals surface area contributed by atoms with Gasteiger partial charge in [0.25, 0.3) is 0 Å². The maximum atomic E-state index is 7.63. The van der Waals surface area contributed by atoms with Crippen LogP contribution in [0.4, 0.5) is 0 Å². The largest absolute Gasteiger partial charge is 0.316 e. The Bertz CT molecular complexity index is 134. The SMILES string of the molecule is CCCC(=N)C[C@@H]1CCNC1.Cl.Cl. The Morgan fingerprint density at radius 2 is 2.15 bits per heavy atom. The van der Waals surface area contributed by atoms with Gasteiger partial charge in [-0.3, -0.25) is 0 Å². The highest BCUT2D eigenvalue weighted by atomic mass is 35.5. The van der Waals surface area contributed by atoms with Crippen molar-refractivity contribution < 1.29 is 0 Å². The third-order valence-electron chi connectivity index (χ3n) is 2.25. The molecule has 0 aromatic heterocycles. The Labute approximate surface area is 93.2 Å². The maximum absolute atomic E-state index is 7.63. The van der Waals surface area contributed by atoms with E-state index in [2.05, 4.69) is 12.2 Å². The van der Waals surface area contributed by atoms with E-state index in [0.29, 0.717) is 0 Å². The molecule has 13 heavy (non-hydrogen) atoms. The molecule has 4 heteroatoms. The third-order valence-corrected chi connectivity index (χ3v) is 2.25. The van der Waals surface area contributed by atoms with Gasteiger partial charge >= 0.3 is 0 Å². The molecule has 0 aliphatic carbocycles. The lowest BCUT2D eigenvalue weighted by molar-refractivity contribution is 0.602. The molecule has 0 saturated carbocycles. The van der Waals surface area contributed by atoms with Crippen LogP contribution in [0.15, 0.2) is 0 Å². The van der Waals surface area contributed by atoms with Crippen molar-refractivity contribution in [3.63, 3.8) is 0 Å². The molecule has 0 aromatic carbocycles. The summed E-state index contributed by atoms with van der Waals surface area (Å²) in [6, 6.07) is 0. The van der Waals surface area contributed by atoms with Gasteiger partial charge in [-0.05, 0) is 38.3 Å². The van der Waals surface area contributed by atoms with Gasteiger partial charge in [0.1, 0.15) is 0 Å². The zero-order valence-electron chi connectivity index (χ0n) is 8.14. The fraction of sp³-hybridized carbons (Fsp3) is 0.889. The minimum atomic E-state index is 0. The van der Waals surface area contributed by atoms with Gasteiger partial charge in [-0.1, -0.05) is 13.3 Å². The highest BCUT2D eigenvalue weighted by molar-refractivity contribution is 5.85. The van der Waals surface area contributed by atoms with Gasteiger partial charge in [-0.25, -0.2) is 0 Å². The molecule has 0 radical (unpaired) electrons. The van der Waals surface area contributed by atoms with Crippen LogP contribution in [-0.2, 0) is 0 Å². The van der Waals surface area contributed by atoms with Crippen LogP contribution in [0.2, 0.25) is 0 Å². The number of rotatable bonds is 4. The Kier molecular flexibility index (Phi) is 10.6. The van der Waals surface area contributed by atoms with Crippen molar-refractivity contribution in [1.29, 1.82) is 5.41 Å². The molecule has 0 spiro atoms. The number of halogens is 2. The van der Waals surface area contributed by atoms with Crippen molar-refractivity contribution in [2.24, 2.45) is 5.92 Å². The summed E-state index contributed by atoms with van der Waals surface area (Å²) in [5.41, 5.74) is 0.946. The fourth-order valence-electron chi connectivity index (χ4n) is 1.64. The molecule has 0 amide bonds. The van der Waals surface area contributed by atoms with Crippen molar-refractivity contribution >= 4 is 30.5 Å². The summed E-state index contributed by atoms with van der Waals surface area (Å²) in [5.74, 6) is 0.758. The van der Waals surface area contributed by atoms with E-state index in [1.807, 2.05) is 0 Å². The topological polar surface area (TPSA) is 35.9 Å². The predicted molar refractivity (Wildman–Crippen MR) is 62.7 cm³/mol. The van der Waals surface area contributed by atoms with E-state index in [4.69, 9.17) is 5.41 Å². The summed E-state index contributed by atoms with van der Waals surface area (Å²) in [5, 5.41) is 10.9. The molecule has 0 unspecified atom stereocenters. The first-order valence-electron chi connectivity index (χ1n) is 4.60. The van der Waals surface area contributed by atoms with Gasteiger partial charge < -0.3 is 10.7 Å². The molecule has 2 nitrogen and oxygen atoms in total. The molecule has 2 N–H and O–H groups in total.